The minimum absolute atomic E-state index is 0.109. The zero-order chi connectivity index (χ0) is 14.2. The molecule has 0 bridgehead atoms. The van der Waals surface area contributed by atoms with Crippen LogP contribution < -0.4 is 0 Å². The number of aromatic nitrogens is 2. The quantitative estimate of drug-likeness (QED) is 0.444. The van der Waals surface area contributed by atoms with Crippen LogP contribution in [0, 0.1) is 0 Å². The van der Waals surface area contributed by atoms with Crippen LogP contribution >= 0.6 is 11.8 Å². The van der Waals surface area contributed by atoms with E-state index in [4.69, 9.17) is 4.74 Å². The minimum atomic E-state index is -0.109. The third-order valence-corrected chi connectivity index (χ3v) is 3.92. The number of benzene rings is 1. The molecule has 0 spiro atoms. The fraction of sp³-hybridized carbons (Fsp3) is 0.400. The summed E-state index contributed by atoms with van der Waals surface area (Å²) < 4.78 is 4.90. The summed E-state index contributed by atoms with van der Waals surface area (Å²) in [5, 5.41) is 11.4. The van der Waals surface area contributed by atoms with E-state index in [0.717, 1.165) is 34.4 Å². The maximum Gasteiger partial charge on any atom is 0.305 e. The Hall–Kier alpha value is -1.62. The van der Waals surface area contributed by atoms with Crippen molar-refractivity contribution in [1.29, 1.82) is 0 Å². The van der Waals surface area contributed by atoms with Crippen molar-refractivity contribution in [2.75, 3.05) is 12.4 Å². The summed E-state index contributed by atoms with van der Waals surface area (Å²) in [5.41, 5.74) is 0. The topological polar surface area (TPSA) is 52.1 Å². The molecule has 0 saturated carbocycles. The van der Waals surface area contributed by atoms with Gasteiger partial charge in [-0.05, 0) is 25.5 Å². The van der Waals surface area contributed by atoms with E-state index in [-0.39, 0.29) is 5.97 Å². The Morgan fingerprint density at radius 2 is 2.15 bits per heavy atom. The van der Waals surface area contributed by atoms with Crippen LogP contribution in [-0.2, 0) is 9.53 Å². The molecule has 1 aromatic carbocycles. The number of thioether (sulfide) groups is 1. The molecule has 0 aliphatic heterocycles. The smallest absolute Gasteiger partial charge is 0.305 e. The van der Waals surface area contributed by atoms with Crippen molar-refractivity contribution in [1.82, 2.24) is 10.2 Å². The van der Waals surface area contributed by atoms with Gasteiger partial charge in [0, 0.05) is 17.2 Å². The molecule has 1 aromatic heterocycles. The first kappa shape index (κ1) is 14.8. The van der Waals surface area contributed by atoms with E-state index in [1.54, 1.807) is 18.0 Å². The van der Waals surface area contributed by atoms with Crippen molar-refractivity contribution in [3.8, 4) is 0 Å². The van der Waals surface area contributed by atoms with Crippen LogP contribution in [0.3, 0.4) is 0 Å². The van der Waals surface area contributed by atoms with Crippen LogP contribution in [0.5, 0.6) is 0 Å². The normalized spacial score (nSPS) is 10.7. The summed E-state index contributed by atoms with van der Waals surface area (Å²) in [7, 11) is 0. The number of hydrogen-bond donors (Lipinski definition) is 0. The van der Waals surface area contributed by atoms with E-state index >= 15 is 0 Å². The van der Waals surface area contributed by atoms with Gasteiger partial charge in [-0.25, -0.2) is 0 Å². The van der Waals surface area contributed by atoms with E-state index in [0.29, 0.717) is 13.0 Å². The molecule has 0 atom stereocenters. The molecule has 5 heteroatoms. The van der Waals surface area contributed by atoms with Crippen molar-refractivity contribution in [2.45, 2.75) is 31.2 Å². The fourth-order valence-corrected chi connectivity index (χ4v) is 2.87. The number of esters is 1. The fourth-order valence-electron chi connectivity index (χ4n) is 1.88. The number of nitrogens with zero attached hydrogens (tertiary/aromatic N) is 2. The second kappa shape index (κ2) is 7.85. The Bertz CT molecular complexity index is 569. The van der Waals surface area contributed by atoms with Gasteiger partial charge in [0.05, 0.1) is 12.8 Å². The Balaban J connectivity index is 1.80. The highest BCUT2D eigenvalue weighted by Gasteiger charge is 2.04. The lowest BCUT2D eigenvalue weighted by molar-refractivity contribution is -0.143. The molecule has 2 rings (SSSR count). The van der Waals surface area contributed by atoms with Crippen molar-refractivity contribution in [3.05, 3.63) is 30.5 Å². The molecule has 20 heavy (non-hydrogen) atoms. The van der Waals surface area contributed by atoms with Crippen molar-refractivity contribution in [3.63, 3.8) is 0 Å². The zero-order valence-electron chi connectivity index (χ0n) is 11.5. The van der Waals surface area contributed by atoms with Crippen LogP contribution in [0.1, 0.15) is 26.2 Å². The van der Waals surface area contributed by atoms with Gasteiger partial charge in [-0.2, -0.15) is 5.10 Å². The van der Waals surface area contributed by atoms with Gasteiger partial charge in [-0.15, -0.1) is 16.9 Å². The summed E-state index contributed by atoms with van der Waals surface area (Å²) in [6.45, 7) is 2.28. The highest BCUT2D eigenvalue weighted by molar-refractivity contribution is 7.99. The van der Waals surface area contributed by atoms with Crippen LogP contribution in [0.25, 0.3) is 10.8 Å². The van der Waals surface area contributed by atoms with Gasteiger partial charge in [-0.1, -0.05) is 24.3 Å². The predicted octanol–water partition coefficient (Wildman–Crippen LogP) is 3.46. The molecular formula is C15H18N2O2S. The Labute approximate surface area is 122 Å². The van der Waals surface area contributed by atoms with Crippen molar-refractivity contribution >= 4 is 28.5 Å². The number of hydrogen-bond acceptors (Lipinski definition) is 5. The van der Waals surface area contributed by atoms with Gasteiger partial charge >= 0.3 is 5.97 Å². The lowest BCUT2D eigenvalue weighted by atomic mass is 10.2. The van der Waals surface area contributed by atoms with Gasteiger partial charge in [-0.3, -0.25) is 4.79 Å². The van der Waals surface area contributed by atoms with E-state index in [9.17, 15) is 4.79 Å². The summed E-state index contributed by atoms with van der Waals surface area (Å²) in [6, 6.07) is 8.10. The molecule has 0 fully saturated rings. The zero-order valence-corrected chi connectivity index (χ0v) is 12.4. The number of unbranched alkanes of at least 4 members (excludes halogenated alkanes) is 1. The van der Waals surface area contributed by atoms with Gasteiger partial charge in [0.2, 0.25) is 0 Å². The number of fused-ring (bicyclic) bond motifs is 1. The molecule has 2 aromatic rings. The third-order valence-electron chi connectivity index (χ3n) is 2.86. The minimum Gasteiger partial charge on any atom is -0.466 e. The van der Waals surface area contributed by atoms with Gasteiger partial charge < -0.3 is 4.74 Å². The number of rotatable bonds is 7. The van der Waals surface area contributed by atoms with Crippen LogP contribution in [0.2, 0.25) is 0 Å². The molecule has 0 aliphatic rings. The molecule has 0 unspecified atom stereocenters. The largest absolute Gasteiger partial charge is 0.466 e. The molecule has 0 radical (unpaired) electrons. The first-order valence-corrected chi connectivity index (χ1v) is 7.78. The monoisotopic (exact) mass is 290 g/mol. The molecule has 0 amide bonds. The predicted molar refractivity (Wildman–Crippen MR) is 80.7 cm³/mol. The molecule has 1 heterocycles. The van der Waals surface area contributed by atoms with Crippen LogP contribution in [-0.4, -0.2) is 28.5 Å². The molecule has 0 N–H and O–H groups in total. The van der Waals surface area contributed by atoms with Crippen molar-refractivity contribution in [2.24, 2.45) is 0 Å². The maximum atomic E-state index is 11.2. The van der Waals surface area contributed by atoms with E-state index < -0.39 is 0 Å². The lowest BCUT2D eigenvalue weighted by Crippen LogP contribution is -2.03. The number of ether oxygens (including phenoxy) is 1. The second-order valence-electron chi connectivity index (χ2n) is 4.35. The Morgan fingerprint density at radius 1 is 1.30 bits per heavy atom. The van der Waals surface area contributed by atoms with Gasteiger partial charge in [0.15, 0.2) is 0 Å². The van der Waals surface area contributed by atoms with E-state index in [1.807, 2.05) is 25.1 Å². The van der Waals surface area contributed by atoms with Gasteiger partial charge in [0.25, 0.3) is 0 Å². The molecule has 106 valence electrons. The Morgan fingerprint density at radius 3 is 3.00 bits per heavy atom. The second-order valence-corrected chi connectivity index (χ2v) is 5.43. The van der Waals surface area contributed by atoms with E-state index in [2.05, 4.69) is 16.3 Å². The van der Waals surface area contributed by atoms with Crippen molar-refractivity contribution < 1.29 is 9.53 Å². The molecular weight excluding hydrogens is 272 g/mol. The standard InChI is InChI=1S/C15H18N2O2S/c1-2-19-14(18)9-5-6-10-20-15-13-8-4-3-7-12(13)11-16-17-15/h3-4,7-8,11H,2,5-6,9-10H2,1H3. The average molecular weight is 290 g/mol. The highest BCUT2D eigenvalue weighted by Crippen LogP contribution is 2.25. The number of carbonyl (C=O) groups is 1. The first-order chi connectivity index (χ1) is 9.81. The summed E-state index contributed by atoms with van der Waals surface area (Å²) in [6.07, 6.45) is 4.09. The molecule has 0 aliphatic carbocycles. The average Bonchev–Trinajstić information content (AvgIpc) is 2.47. The van der Waals surface area contributed by atoms with E-state index in [1.165, 1.54) is 0 Å². The molecule has 4 nitrogen and oxygen atoms in total. The lowest BCUT2D eigenvalue weighted by Gasteiger charge is -2.04. The third kappa shape index (κ3) is 4.20. The Kier molecular flexibility index (Phi) is 5.80. The highest BCUT2D eigenvalue weighted by atomic mass is 32.2. The van der Waals surface area contributed by atoms with Gasteiger partial charge in [0.1, 0.15) is 5.03 Å². The SMILES string of the molecule is CCOC(=O)CCCCSc1nncc2ccccc12. The number of carbonyl (C=O) groups excluding carboxylic acids is 1. The summed E-state index contributed by atoms with van der Waals surface area (Å²) in [4.78, 5) is 11.2. The summed E-state index contributed by atoms with van der Waals surface area (Å²) in [5.74, 6) is 0.824. The van der Waals surface area contributed by atoms with Crippen LogP contribution in [0.15, 0.2) is 35.5 Å². The van der Waals surface area contributed by atoms with Crippen LogP contribution in [0.4, 0.5) is 0 Å². The molecule has 0 saturated heterocycles. The maximum absolute atomic E-state index is 11.2. The summed E-state index contributed by atoms with van der Waals surface area (Å²) >= 11 is 1.69. The first-order valence-electron chi connectivity index (χ1n) is 6.80.